The van der Waals surface area contributed by atoms with Gasteiger partial charge in [0.15, 0.2) is 0 Å². The number of hydrogen-bond acceptors (Lipinski definition) is 6. The van der Waals surface area contributed by atoms with Crippen molar-refractivity contribution in [1.29, 1.82) is 0 Å². The molecule has 3 aromatic rings. The van der Waals surface area contributed by atoms with Crippen molar-refractivity contribution in [3.8, 4) is 17.2 Å². The number of rotatable bonds is 6. The fourth-order valence-corrected chi connectivity index (χ4v) is 3.04. The van der Waals surface area contributed by atoms with E-state index in [0.717, 1.165) is 17.1 Å². The van der Waals surface area contributed by atoms with Crippen LogP contribution in [0.4, 0.5) is 4.39 Å². The Morgan fingerprint density at radius 1 is 1.12 bits per heavy atom. The quantitative estimate of drug-likeness (QED) is 0.639. The lowest BCUT2D eigenvalue weighted by atomic mass is 10.2. The average molecular weight is 346 g/mol. The second-order valence-corrected chi connectivity index (χ2v) is 5.76. The van der Waals surface area contributed by atoms with Gasteiger partial charge in [-0.2, -0.15) is 4.68 Å². The molecule has 0 unspecified atom stereocenters. The molecule has 0 aliphatic carbocycles. The first-order valence-electron chi connectivity index (χ1n) is 7.09. The Morgan fingerprint density at radius 2 is 2.00 bits per heavy atom. The van der Waals surface area contributed by atoms with Crippen molar-refractivity contribution in [3.63, 3.8) is 0 Å². The summed E-state index contributed by atoms with van der Waals surface area (Å²) in [6.45, 7) is 0. The van der Waals surface area contributed by atoms with E-state index in [0.29, 0.717) is 16.6 Å². The molecule has 2 aromatic carbocycles. The third-order valence-corrected chi connectivity index (χ3v) is 4.31. The number of tetrazole rings is 1. The Bertz CT molecular complexity index is 840. The van der Waals surface area contributed by atoms with Crippen molar-refractivity contribution in [1.82, 2.24) is 20.2 Å². The molecule has 0 atom stereocenters. The summed E-state index contributed by atoms with van der Waals surface area (Å²) >= 11 is 1.43. The van der Waals surface area contributed by atoms with E-state index in [9.17, 15) is 4.39 Å². The molecule has 8 heteroatoms. The van der Waals surface area contributed by atoms with Gasteiger partial charge >= 0.3 is 0 Å². The summed E-state index contributed by atoms with van der Waals surface area (Å²) in [6, 6.07) is 11.7. The van der Waals surface area contributed by atoms with E-state index in [1.807, 2.05) is 18.2 Å². The largest absolute Gasteiger partial charge is 0.497 e. The number of thioether (sulfide) groups is 1. The molecule has 0 aliphatic heterocycles. The lowest BCUT2D eigenvalue weighted by Crippen LogP contribution is -2.00. The molecule has 0 radical (unpaired) electrons. The summed E-state index contributed by atoms with van der Waals surface area (Å²) in [4.78, 5) is 0. The molecule has 0 amide bonds. The maximum Gasteiger partial charge on any atom is 0.214 e. The molecular formula is C16H15FN4O2S. The number of ether oxygens (including phenoxy) is 2. The molecule has 24 heavy (non-hydrogen) atoms. The standard InChI is InChI=1S/C16H15FN4O2S/c1-22-14-6-7-15(23-2)11(8-14)10-24-16-18-19-20-21(16)13-5-3-4-12(17)9-13/h3-9H,10H2,1-2H3. The molecule has 0 N–H and O–H groups in total. The Morgan fingerprint density at radius 3 is 2.75 bits per heavy atom. The number of methoxy groups -OCH3 is 2. The molecule has 0 bridgehead atoms. The molecule has 0 aliphatic rings. The van der Waals surface area contributed by atoms with Gasteiger partial charge in [0.2, 0.25) is 5.16 Å². The van der Waals surface area contributed by atoms with Crippen molar-refractivity contribution in [2.45, 2.75) is 10.9 Å². The van der Waals surface area contributed by atoms with Crippen LogP contribution in [0.3, 0.4) is 0 Å². The Hall–Kier alpha value is -2.61. The van der Waals surface area contributed by atoms with Gasteiger partial charge < -0.3 is 9.47 Å². The van der Waals surface area contributed by atoms with Crippen molar-refractivity contribution >= 4 is 11.8 Å². The number of halogens is 1. The lowest BCUT2D eigenvalue weighted by Gasteiger charge is -2.10. The van der Waals surface area contributed by atoms with Gasteiger partial charge in [0.05, 0.1) is 19.9 Å². The minimum atomic E-state index is -0.339. The molecule has 6 nitrogen and oxygen atoms in total. The van der Waals surface area contributed by atoms with Gasteiger partial charge in [0, 0.05) is 11.3 Å². The minimum Gasteiger partial charge on any atom is -0.497 e. The van der Waals surface area contributed by atoms with Crippen LogP contribution in [0.5, 0.6) is 11.5 Å². The van der Waals surface area contributed by atoms with Gasteiger partial charge in [-0.1, -0.05) is 17.8 Å². The van der Waals surface area contributed by atoms with Crippen LogP contribution in [0.2, 0.25) is 0 Å². The highest BCUT2D eigenvalue weighted by molar-refractivity contribution is 7.98. The minimum absolute atomic E-state index is 0.339. The van der Waals surface area contributed by atoms with Crippen LogP contribution in [0.15, 0.2) is 47.6 Å². The van der Waals surface area contributed by atoms with Crippen molar-refractivity contribution in [3.05, 3.63) is 53.8 Å². The highest BCUT2D eigenvalue weighted by Gasteiger charge is 2.12. The number of nitrogens with zero attached hydrogens (tertiary/aromatic N) is 4. The molecule has 0 saturated heterocycles. The topological polar surface area (TPSA) is 62.1 Å². The number of aromatic nitrogens is 4. The zero-order valence-corrected chi connectivity index (χ0v) is 14.0. The third-order valence-electron chi connectivity index (χ3n) is 3.34. The van der Waals surface area contributed by atoms with Gasteiger partial charge in [-0.05, 0) is 46.8 Å². The Labute approximate surface area is 142 Å². The van der Waals surface area contributed by atoms with Gasteiger partial charge in [-0.25, -0.2) is 4.39 Å². The smallest absolute Gasteiger partial charge is 0.214 e. The second kappa shape index (κ2) is 7.31. The Balaban J connectivity index is 1.83. The van der Waals surface area contributed by atoms with Crippen molar-refractivity contribution in [2.75, 3.05) is 14.2 Å². The first-order valence-corrected chi connectivity index (χ1v) is 8.08. The van der Waals surface area contributed by atoms with Crippen LogP contribution < -0.4 is 9.47 Å². The fraction of sp³-hybridized carbons (Fsp3) is 0.188. The summed E-state index contributed by atoms with van der Waals surface area (Å²) in [6.07, 6.45) is 0. The zero-order chi connectivity index (χ0) is 16.9. The van der Waals surface area contributed by atoms with Gasteiger partial charge in [0.1, 0.15) is 17.3 Å². The first-order chi connectivity index (χ1) is 11.7. The molecule has 1 aromatic heterocycles. The first kappa shape index (κ1) is 16.3. The highest BCUT2D eigenvalue weighted by Crippen LogP contribution is 2.30. The molecule has 3 rings (SSSR count). The lowest BCUT2D eigenvalue weighted by molar-refractivity contribution is 0.400. The van der Waals surface area contributed by atoms with Gasteiger partial charge in [-0.15, -0.1) is 5.10 Å². The van der Waals surface area contributed by atoms with Crippen LogP contribution in [0, 0.1) is 5.82 Å². The molecule has 0 saturated carbocycles. The van der Waals surface area contributed by atoms with E-state index in [1.54, 1.807) is 26.4 Å². The summed E-state index contributed by atoms with van der Waals surface area (Å²) in [7, 11) is 3.23. The Kier molecular flexibility index (Phi) is 4.95. The van der Waals surface area contributed by atoms with Gasteiger partial charge in [0.25, 0.3) is 0 Å². The average Bonchev–Trinajstić information content (AvgIpc) is 3.08. The zero-order valence-electron chi connectivity index (χ0n) is 13.1. The van der Waals surface area contributed by atoms with Crippen LogP contribution >= 0.6 is 11.8 Å². The summed E-state index contributed by atoms with van der Waals surface area (Å²) in [5, 5.41) is 12.2. The van der Waals surface area contributed by atoms with Crippen molar-refractivity contribution in [2.24, 2.45) is 0 Å². The maximum absolute atomic E-state index is 13.4. The normalized spacial score (nSPS) is 10.6. The van der Waals surface area contributed by atoms with Crippen LogP contribution in [-0.2, 0) is 5.75 Å². The predicted molar refractivity (Wildman–Crippen MR) is 88.2 cm³/mol. The van der Waals surface area contributed by atoms with E-state index in [-0.39, 0.29) is 5.82 Å². The fourth-order valence-electron chi connectivity index (χ4n) is 2.18. The summed E-state index contributed by atoms with van der Waals surface area (Å²) in [5.74, 6) is 1.74. The van der Waals surface area contributed by atoms with Crippen molar-refractivity contribution < 1.29 is 13.9 Å². The van der Waals surface area contributed by atoms with E-state index >= 15 is 0 Å². The summed E-state index contributed by atoms with van der Waals surface area (Å²) < 4.78 is 25.5. The number of hydrogen-bond donors (Lipinski definition) is 0. The molecule has 0 spiro atoms. The predicted octanol–water partition coefficient (Wildman–Crippen LogP) is 3.11. The SMILES string of the molecule is COc1ccc(OC)c(CSc2nnnn2-c2cccc(F)c2)c1. The van der Waals surface area contributed by atoms with Crippen LogP contribution in [-0.4, -0.2) is 34.4 Å². The maximum atomic E-state index is 13.4. The second-order valence-electron chi connectivity index (χ2n) is 4.82. The van der Waals surface area contributed by atoms with E-state index < -0.39 is 0 Å². The van der Waals surface area contributed by atoms with Crippen LogP contribution in [0.25, 0.3) is 5.69 Å². The molecule has 124 valence electrons. The molecule has 1 heterocycles. The molecular weight excluding hydrogens is 331 g/mol. The highest BCUT2D eigenvalue weighted by atomic mass is 32.2. The monoisotopic (exact) mass is 346 g/mol. The van der Waals surface area contributed by atoms with E-state index in [1.165, 1.54) is 28.6 Å². The summed E-state index contributed by atoms with van der Waals surface area (Å²) in [5.41, 5.74) is 1.52. The van der Waals surface area contributed by atoms with E-state index in [4.69, 9.17) is 9.47 Å². The van der Waals surface area contributed by atoms with E-state index in [2.05, 4.69) is 15.5 Å². The van der Waals surface area contributed by atoms with Gasteiger partial charge in [-0.3, -0.25) is 0 Å². The number of benzene rings is 2. The molecule has 0 fully saturated rings. The van der Waals surface area contributed by atoms with Crippen LogP contribution in [0.1, 0.15) is 5.56 Å². The third kappa shape index (κ3) is 3.48.